The minimum atomic E-state index is 0.512. The maximum Gasteiger partial charge on any atom is 0.0111 e. The first kappa shape index (κ1) is 11.0. The molecule has 0 aromatic carbocycles. The fraction of sp³-hybridized carbons (Fsp3) is 1.00. The van der Waals surface area contributed by atoms with Crippen molar-refractivity contribution in [2.24, 2.45) is 35.3 Å². The lowest BCUT2D eigenvalue weighted by atomic mass is 9.84. The number of fused-ring (bicyclic) bond motifs is 2. The van der Waals surface area contributed by atoms with E-state index in [0.717, 1.165) is 29.6 Å². The molecule has 2 heteroatoms. The van der Waals surface area contributed by atoms with Gasteiger partial charge in [0.2, 0.25) is 0 Å². The third kappa shape index (κ3) is 1.91. The molecule has 0 aromatic rings. The lowest BCUT2D eigenvalue weighted by Crippen LogP contribution is -2.42. The van der Waals surface area contributed by atoms with E-state index < -0.39 is 0 Å². The van der Waals surface area contributed by atoms with Gasteiger partial charge in [-0.3, -0.25) is 0 Å². The van der Waals surface area contributed by atoms with Gasteiger partial charge in [0.05, 0.1) is 0 Å². The molecule has 2 nitrogen and oxygen atoms in total. The minimum Gasteiger partial charge on any atom is -0.327 e. The summed E-state index contributed by atoms with van der Waals surface area (Å²) in [6, 6.07) is 0.512. The van der Waals surface area contributed by atoms with Gasteiger partial charge in [-0.25, -0.2) is 0 Å². The van der Waals surface area contributed by atoms with Gasteiger partial charge in [-0.2, -0.15) is 0 Å². The Labute approximate surface area is 99.6 Å². The molecule has 3 aliphatic carbocycles. The second-order valence-corrected chi connectivity index (χ2v) is 6.77. The average molecular weight is 222 g/mol. The first-order chi connectivity index (χ1) is 7.65. The fourth-order valence-corrected chi connectivity index (χ4v) is 4.21. The number of hydrogen-bond acceptors (Lipinski definition) is 2. The van der Waals surface area contributed by atoms with Gasteiger partial charge < -0.3 is 10.6 Å². The summed E-state index contributed by atoms with van der Waals surface area (Å²) >= 11 is 0. The van der Waals surface area contributed by atoms with E-state index in [0.29, 0.717) is 6.04 Å². The summed E-state index contributed by atoms with van der Waals surface area (Å²) in [6.07, 6.45) is 5.75. The van der Waals surface area contributed by atoms with Gasteiger partial charge in [0.15, 0.2) is 0 Å². The van der Waals surface area contributed by atoms with Gasteiger partial charge in [-0.15, -0.1) is 0 Å². The summed E-state index contributed by atoms with van der Waals surface area (Å²) in [5.41, 5.74) is 6.36. The Bertz CT molecular complexity index is 263. The highest BCUT2D eigenvalue weighted by molar-refractivity contribution is 5.00. The summed E-state index contributed by atoms with van der Waals surface area (Å²) in [7, 11) is 2.30. The lowest BCUT2D eigenvalue weighted by molar-refractivity contribution is 0.193. The second-order valence-electron chi connectivity index (χ2n) is 6.77. The van der Waals surface area contributed by atoms with Crippen molar-refractivity contribution < 1.29 is 0 Å². The maximum atomic E-state index is 6.36. The summed E-state index contributed by atoms with van der Waals surface area (Å²) in [6.45, 7) is 4.94. The van der Waals surface area contributed by atoms with E-state index in [1.165, 1.54) is 38.8 Å². The largest absolute Gasteiger partial charge is 0.327 e. The van der Waals surface area contributed by atoms with E-state index >= 15 is 0 Å². The van der Waals surface area contributed by atoms with E-state index in [1.807, 2.05) is 0 Å². The van der Waals surface area contributed by atoms with Crippen LogP contribution in [-0.4, -0.2) is 31.1 Å². The standard InChI is InChI=1S/C14H26N2/c1-9-5-12(9)7-16(2)8-13-10-3-4-11(6-10)14(13)15/h9-14H,3-8,15H2,1-2H3. The van der Waals surface area contributed by atoms with Crippen LogP contribution >= 0.6 is 0 Å². The Kier molecular flexibility index (Phi) is 2.75. The minimum absolute atomic E-state index is 0.512. The number of nitrogens with zero attached hydrogens (tertiary/aromatic N) is 1. The van der Waals surface area contributed by atoms with E-state index in [-0.39, 0.29) is 0 Å². The van der Waals surface area contributed by atoms with Crippen LogP contribution in [-0.2, 0) is 0 Å². The summed E-state index contributed by atoms with van der Waals surface area (Å²) in [5.74, 6) is 4.59. The molecule has 6 atom stereocenters. The molecule has 92 valence electrons. The van der Waals surface area contributed by atoms with Crippen LogP contribution in [0.1, 0.15) is 32.6 Å². The normalized spacial score (nSPS) is 50.2. The Balaban J connectivity index is 1.50. The molecular weight excluding hydrogens is 196 g/mol. The monoisotopic (exact) mass is 222 g/mol. The van der Waals surface area contributed by atoms with Gasteiger partial charge in [0, 0.05) is 19.1 Å². The first-order valence-corrected chi connectivity index (χ1v) is 7.09. The molecule has 0 heterocycles. The zero-order valence-corrected chi connectivity index (χ0v) is 10.7. The highest BCUT2D eigenvalue weighted by atomic mass is 15.1. The van der Waals surface area contributed by atoms with Crippen molar-refractivity contribution in [2.45, 2.75) is 38.6 Å². The molecule has 3 saturated carbocycles. The smallest absolute Gasteiger partial charge is 0.0111 e. The molecule has 0 aromatic heterocycles. The summed E-state index contributed by atoms with van der Waals surface area (Å²) < 4.78 is 0. The molecular formula is C14H26N2. The molecule has 0 radical (unpaired) electrons. The van der Waals surface area contributed by atoms with E-state index in [4.69, 9.17) is 5.73 Å². The third-order valence-electron chi connectivity index (χ3n) is 5.50. The molecule has 3 aliphatic rings. The van der Waals surface area contributed by atoms with Crippen LogP contribution in [0.4, 0.5) is 0 Å². The summed E-state index contributed by atoms with van der Waals surface area (Å²) in [5, 5.41) is 0. The van der Waals surface area contributed by atoms with Crippen LogP contribution in [0.25, 0.3) is 0 Å². The predicted molar refractivity (Wildman–Crippen MR) is 67.1 cm³/mol. The highest BCUT2D eigenvalue weighted by Crippen LogP contribution is 2.48. The molecule has 0 spiro atoms. The molecule has 0 saturated heterocycles. The van der Waals surface area contributed by atoms with Crippen molar-refractivity contribution in [1.82, 2.24) is 4.90 Å². The van der Waals surface area contributed by atoms with Gasteiger partial charge >= 0.3 is 0 Å². The van der Waals surface area contributed by atoms with Crippen molar-refractivity contribution in [3.63, 3.8) is 0 Å². The Morgan fingerprint density at radius 1 is 1.12 bits per heavy atom. The molecule has 3 rings (SSSR count). The Morgan fingerprint density at radius 2 is 1.81 bits per heavy atom. The number of rotatable bonds is 4. The van der Waals surface area contributed by atoms with Crippen LogP contribution in [0.3, 0.4) is 0 Å². The Hall–Kier alpha value is -0.0800. The summed E-state index contributed by atoms with van der Waals surface area (Å²) in [4.78, 5) is 2.55. The fourth-order valence-electron chi connectivity index (χ4n) is 4.21. The third-order valence-corrected chi connectivity index (χ3v) is 5.50. The highest BCUT2D eigenvalue weighted by Gasteiger charge is 2.46. The lowest BCUT2D eigenvalue weighted by Gasteiger charge is -2.31. The average Bonchev–Trinajstić information content (AvgIpc) is 2.68. The van der Waals surface area contributed by atoms with Crippen LogP contribution in [0.2, 0.25) is 0 Å². The first-order valence-electron chi connectivity index (χ1n) is 7.09. The van der Waals surface area contributed by atoms with Crippen LogP contribution < -0.4 is 5.73 Å². The van der Waals surface area contributed by atoms with Gasteiger partial charge in [0.1, 0.15) is 0 Å². The van der Waals surface area contributed by atoms with Gasteiger partial charge in [-0.1, -0.05) is 6.92 Å². The molecule has 6 unspecified atom stereocenters. The van der Waals surface area contributed by atoms with Crippen LogP contribution in [0, 0.1) is 29.6 Å². The van der Waals surface area contributed by atoms with Crippen molar-refractivity contribution in [1.29, 1.82) is 0 Å². The Morgan fingerprint density at radius 3 is 2.38 bits per heavy atom. The zero-order valence-electron chi connectivity index (χ0n) is 10.7. The van der Waals surface area contributed by atoms with Gasteiger partial charge in [0.25, 0.3) is 0 Å². The number of hydrogen-bond donors (Lipinski definition) is 1. The predicted octanol–water partition coefficient (Wildman–Crippen LogP) is 1.95. The number of nitrogens with two attached hydrogens (primary N) is 1. The SMILES string of the molecule is CC1CC1CN(C)CC1C2CCC(C2)C1N. The molecule has 3 fully saturated rings. The molecule has 16 heavy (non-hydrogen) atoms. The van der Waals surface area contributed by atoms with Crippen LogP contribution in [0.5, 0.6) is 0 Å². The quantitative estimate of drug-likeness (QED) is 0.788. The van der Waals surface area contributed by atoms with E-state index in [9.17, 15) is 0 Å². The topological polar surface area (TPSA) is 29.3 Å². The molecule has 2 N–H and O–H groups in total. The van der Waals surface area contributed by atoms with Crippen molar-refractivity contribution in [3.8, 4) is 0 Å². The van der Waals surface area contributed by atoms with Crippen molar-refractivity contribution in [3.05, 3.63) is 0 Å². The van der Waals surface area contributed by atoms with Crippen molar-refractivity contribution in [2.75, 3.05) is 20.1 Å². The van der Waals surface area contributed by atoms with Crippen LogP contribution in [0.15, 0.2) is 0 Å². The zero-order chi connectivity index (χ0) is 11.3. The molecule has 0 amide bonds. The van der Waals surface area contributed by atoms with Crippen molar-refractivity contribution >= 4 is 0 Å². The second kappa shape index (κ2) is 3.99. The van der Waals surface area contributed by atoms with E-state index in [2.05, 4.69) is 18.9 Å². The maximum absolute atomic E-state index is 6.36. The molecule has 0 aliphatic heterocycles. The molecule has 2 bridgehead atoms. The van der Waals surface area contributed by atoms with E-state index in [1.54, 1.807) is 0 Å². The van der Waals surface area contributed by atoms with Gasteiger partial charge in [-0.05, 0) is 62.3 Å².